The Morgan fingerprint density at radius 1 is 0.960 bits per heavy atom. The van der Waals surface area contributed by atoms with E-state index in [1.54, 1.807) is 36.5 Å². The van der Waals surface area contributed by atoms with E-state index in [-0.39, 0.29) is 5.91 Å². The van der Waals surface area contributed by atoms with Crippen LogP contribution >= 0.6 is 11.6 Å². The summed E-state index contributed by atoms with van der Waals surface area (Å²) in [5, 5.41) is 6.69. The third-order valence-corrected chi connectivity index (χ3v) is 3.90. The van der Waals surface area contributed by atoms with E-state index in [1.807, 2.05) is 24.3 Å². The van der Waals surface area contributed by atoms with Crippen molar-refractivity contribution in [3.05, 3.63) is 89.2 Å². The summed E-state index contributed by atoms with van der Waals surface area (Å²) in [7, 11) is 0. The fourth-order valence-electron chi connectivity index (χ4n) is 2.42. The quantitative estimate of drug-likeness (QED) is 0.680. The van der Waals surface area contributed by atoms with Gasteiger partial charge in [0.15, 0.2) is 0 Å². The molecule has 2 N–H and O–H groups in total. The summed E-state index contributed by atoms with van der Waals surface area (Å²) in [5.41, 5.74) is 3.12. The number of aromatic nitrogens is 1. The van der Waals surface area contributed by atoms with Crippen molar-refractivity contribution >= 4 is 28.9 Å². The molecule has 0 atom stereocenters. The number of carbonyl (C=O) groups is 1. The monoisotopic (exact) mass is 351 g/mol. The molecule has 0 bridgehead atoms. The van der Waals surface area contributed by atoms with Crippen molar-refractivity contribution in [1.82, 2.24) is 4.98 Å². The van der Waals surface area contributed by atoms with Gasteiger partial charge >= 0.3 is 0 Å². The highest BCUT2D eigenvalue weighted by Gasteiger charge is 2.08. The van der Waals surface area contributed by atoms with Gasteiger partial charge in [0, 0.05) is 29.1 Å². The lowest BCUT2D eigenvalue weighted by molar-refractivity contribution is 0.102. The molecular formula is C20H18ClN3O. The van der Waals surface area contributed by atoms with Gasteiger partial charge in [0.05, 0.1) is 0 Å². The third-order valence-electron chi connectivity index (χ3n) is 3.66. The lowest BCUT2D eigenvalue weighted by atomic mass is 10.1. The molecule has 25 heavy (non-hydrogen) atoms. The zero-order valence-electron chi connectivity index (χ0n) is 13.6. The fourth-order valence-corrected chi connectivity index (χ4v) is 2.61. The zero-order chi connectivity index (χ0) is 17.5. The van der Waals surface area contributed by atoms with Gasteiger partial charge in [-0.3, -0.25) is 9.78 Å². The molecule has 0 fully saturated rings. The van der Waals surface area contributed by atoms with E-state index in [4.69, 9.17) is 11.6 Å². The minimum Gasteiger partial charge on any atom is -0.385 e. The number of halogens is 1. The van der Waals surface area contributed by atoms with Crippen LogP contribution in [0.15, 0.2) is 72.9 Å². The fraction of sp³-hybridized carbons (Fsp3) is 0.100. The van der Waals surface area contributed by atoms with Crippen molar-refractivity contribution in [2.24, 2.45) is 0 Å². The van der Waals surface area contributed by atoms with Gasteiger partial charge in [0.2, 0.25) is 0 Å². The predicted octanol–water partition coefficient (Wildman–Crippen LogP) is 4.64. The summed E-state index contributed by atoms with van der Waals surface area (Å²) in [6, 6.07) is 20.9. The SMILES string of the molecule is O=C(Nc1cccc(Cl)c1)c1cc(NCCc2ccccc2)ccn1. The normalized spacial score (nSPS) is 10.3. The van der Waals surface area contributed by atoms with Crippen LogP contribution in [0, 0.1) is 0 Å². The largest absolute Gasteiger partial charge is 0.385 e. The lowest BCUT2D eigenvalue weighted by Crippen LogP contribution is -2.14. The van der Waals surface area contributed by atoms with Crippen LogP contribution in [0.5, 0.6) is 0 Å². The minimum absolute atomic E-state index is 0.269. The molecule has 5 heteroatoms. The van der Waals surface area contributed by atoms with Crippen LogP contribution in [0.2, 0.25) is 5.02 Å². The van der Waals surface area contributed by atoms with Gasteiger partial charge < -0.3 is 10.6 Å². The van der Waals surface area contributed by atoms with Crippen LogP contribution in [-0.2, 0) is 6.42 Å². The Morgan fingerprint density at radius 3 is 2.60 bits per heavy atom. The topological polar surface area (TPSA) is 54.0 Å². The third kappa shape index (κ3) is 5.06. The van der Waals surface area contributed by atoms with E-state index >= 15 is 0 Å². The Bertz CT molecular complexity index is 852. The van der Waals surface area contributed by atoms with Gasteiger partial charge in [-0.1, -0.05) is 48.0 Å². The predicted molar refractivity (Wildman–Crippen MR) is 102 cm³/mol. The van der Waals surface area contributed by atoms with Crippen LogP contribution in [0.4, 0.5) is 11.4 Å². The van der Waals surface area contributed by atoms with Crippen molar-refractivity contribution in [2.75, 3.05) is 17.2 Å². The highest BCUT2D eigenvalue weighted by molar-refractivity contribution is 6.30. The van der Waals surface area contributed by atoms with E-state index < -0.39 is 0 Å². The van der Waals surface area contributed by atoms with Crippen molar-refractivity contribution in [1.29, 1.82) is 0 Å². The molecule has 2 aromatic carbocycles. The van der Waals surface area contributed by atoms with Crippen LogP contribution in [0.3, 0.4) is 0 Å². The van der Waals surface area contributed by atoms with Gasteiger partial charge in [-0.05, 0) is 42.3 Å². The highest BCUT2D eigenvalue weighted by atomic mass is 35.5. The average Bonchev–Trinajstić information content (AvgIpc) is 2.63. The number of benzene rings is 2. The zero-order valence-corrected chi connectivity index (χ0v) is 14.3. The molecule has 3 aromatic rings. The van der Waals surface area contributed by atoms with Gasteiger partial charge in [0.1, 0.15) is 5.69 Å². The summed E-state index contributed by atoms with van der Waals surface area (Å²) >= 11 is 5.93. The molecule has 0 radical (unpaired) electrons. The Labute approximate surface area is 151 Å². The Balaban J connectivity index is 1.59. The Hall–Kier alpha value is -2.85. The average molecular weight is 352 g/mol. The smallest absolute Gasteiger partial charge is 0.274 e. The number of rotatable bonds is 6. The summed E-state index contributed by atoms with van der Waals surface area (Å²) in [6.45, 7) is 0.781. The molecule has 3 rings (SSSR count). The summed E-state index contributed by atoms with van der Waals surface area (Å²) < 4.78 is 0. The second kappa shape index (κ2) is 8.31. The summed E-state index contributed by atoms with van der Waals surface area (Å²) in [5.74, 6) is -0.269. The molecule has 0 unspecified atom stereocenters. The number of nitrogens with zero attached hydrogens (tertiary/aromatic N) is 1. The highest BCUT2D eigenvalue weighted by Crippen LogP contribution is 2.16. The van der Waals surface area contributed by atoms with Gasteiger partial charge in [0.25, 0.3) is 5.91 Å². The van der Waals surface area contributed by atoms with Gasteiger partial charge in [-0.25, -0.2) is 0 Å². The minimum atomic E-state index is -0.269. The van der Waals surface area contributed by atoms with E-state index in [1.165, 1.54) is 5.56 Å². The molecule has 1 aromatic heterocycles. The van der Waals surface area contributed by atoms with E-state index in [0.717, 1.165) is 18.7 Å². The summed E-state index contributed by atoms with van der Waals surface area (Å²) in [6.07, 6.45) is 2.53. The number of carbonyl (C=O) groups excluding carboxylic acids is 1. The Kier molecular flexibility index (Phi) is 5.65. The number of hydrogen-bond acceptors (Lipinski definition) is 3. The first-order chi connectivity index (χ1) is 12.2. The maximum absolute atomic E-state index is 12.3. The first-order valence-electron chi connectivity index (χ1n) is 8.01. The molecule has 0 aliphatic heterocycles. The second-order valence-electron chi connectivity index (χ2n) is 5.56. The van der Waals surface area contributed by atoms with Gasteiger partial charge in [-0.2, -0.15) is 0 Å². The molecule has 1 amide bonds. The van der Waals surface area contributed by atoms with Crippen LogP contribution in [0.1, 0.15) is 16.1 Å². The molecule has 0 aliphatic carbocycles. The molecule has 0 aliphatic rings. The molecule has 126 valence electrons. The number of anilines is 2. The van der Waals surface area contributed by atoms with Gasteiger partial charge in [-0.15, -0.1) is 0 Å². The van der Waals surface area contributed by atoms with Crippen LogP contribution < -0.4 is 10.6 Å². The first kappa shape index (κ1) is 17.0. The molecule has 1 heterocycles. The van der Waals surface area contributed by atoms with Crippen molar-refractivity contribution in [3.63, 3.8) is 0 Å². The van der Waals surface area contributed by atoms with Crippen molar-refractivity contribution < 1.29 is 4.79 Å². The van der Waals surface area contributed by atoms with Crippen LogP contribution in [-0.4, -0.2) is 17.4 Å². The first-order valence-corrected chi connectivity index (χ1v) is 8.39. The molecule has 0 saturated carbocycles. The molecule has 0 saturated heterocycles. The van der Waals surface area contributed by atoms with Crippen LogP contribution in [0.25, 0.3) is 0 Å². The Morgan fingerprint density at radius 2 is 1.80 bits per heavy atom. The molecule has 4 nitrogen and oxygen atoms in total. The maximum Gasteiger partial charge on any atom is 0.274 e. The lowest BCUT2D eigenvalue weighted by Gasteiger charge is -2.09. The van der Waals surface area contributed by atoms with E-state index in [9.17, 15) is 4.79 Å². The molecule has 0 spiro atoms. The van der Waals surface area contributed by atoms with Crippen molar-refractivity contribution in [2.45, 2.75) is 6.42 Å². The van der Waals surface area contributed by atoms with Crippen molar-refractivity contribution in [3.8, 4) is 0 Å². The maximum atomic E-state index is 12.3. The second-order valence-corrected chi connectivity index (χ2v) is 5.99. The van der Waals surface area contributed by atoms with E-state index in [2.05, 4.69) is 27.8 Å². The number of hydrogen-bond donors (Lipinski definition) is 2. The molecular weight excluding hydrogens is 334 g/mol. The number of pyridine rings is 1. The van der Waals surface area contributed by atoms with E-state index in [0.29, 0.717) is 16.4 Å². The summed E-state index contributed by atoms with van der Waals surface area (Å²) in [4.78, 5) is 16.5. The number of amides is 1. The standard InChI is InChI=1S/C20H18ClN3O/c21-16-7-4-8-18(13-16)24-20(25)19-14-17(10-12-23-19)22-11-9-15-5-2-1-3-6-15/h1-8,10,12-14H,9,11H2,(H,22,23)(H,24,25). The number of nitrogens with one attached hydrogen (secondary N) is 2.